The predicted octanol–water partition coefficient (Wildman–Crippen LogP) is 2.00. The number of nitrogen functional groups attached to an aromatic ring is 1. The number of aryl methyl sites for hydroxylation is 1. The van der Waals surface area contributed by atoms with Gasteiger partial charge in [-0.1, -0.05) is 0 Å². The summed E-state index contributed by atoms with van der Waals surface area (Å²) >= 11 is 0. The summed E-state index contributed by atoms with van der Waals surface area (Å²) in [4.78, 5) is 11.9. The lowest BCUT2D eigenvalue weighted by Crippen LogP contribution is -1.89. The molecule has 0 saturated heterocycles. The number of hydrogen-bond donors (Lipinski definition) is 2. The summed E-state index contributed by atoms with van der Waals surface area (Å²) < 4.78 is 0. The summed E-state index contributed by atoms with van der Waals surface area (Å²) in [5.41, 5.74) is 9.36. The first kappa shape index (κ1) is 8.23. The Morgan fingerprint density at radius 3 is 3.07 bits per heavy atom. The van der Waals surface area contributed by atoms with Gasteiger partial charge in [0, 0.05) is 17.3 Å². The summed E-state index contributed by atoms with van der Waals surface area (Å²) in [5, 5.41) is 0.955. The zero-order valence-corrected chi connectivity index (χ0v) is 8.28. The van der Waals surface area contributed by atoms with Crippen molar-refractivity contribution in [2.45, 2.75) is 6.92 Å². The molecule has 0 unspecified atom stereocenters. The third-order valence-electron chi connectivity index (χ3n) is 2.49. The number of benzene rings is 1. The quantitative estimate of drug-likeness (QED) is 0.543. The first-order chi connectivity index (χ1) is 7.25. The second kappa shape index (κ2) is 2.70. The highest BCUT2D eigenvalue weighted by molar-refractivity contribution is 6.07. The van der Waals surface area contributed by atoms with Crippen LogP contribution in [-0.2, 0) is 0 Å². The van der Waals surface area contributed by atoms with Crippen molar-refractivity contribution >= 4 is 27.6 Å². The van der Waals surface area contributed by atoms with E-state index in [-0.39, 0.29) is 0 Å². The molecule has 0 saturated carbocycles. The number of fused-ring (bicyclic) bond motifs is 3. The minimum Gasteiger partial charge on any atom is -0.398 e. The Kier molecular flexibility index (Phi) is 1.48. The molecule has 15 heavy (non-hydrogen) atoms. The number of aromatic amines is 1. The van der Waals surface area contributed by atoms with E-state index in [0.717, 1.165) is 33.4 Å². The van der Waals surface area contributed by atoms with E-state index < -0.39 is 0 Å². The topological polar surface area (TPSA) is 67.6 Å². The Hall–Kier alpha value is -2.10. The van der Waals surface area contributed by atoms with E-state index >= 15 is 0 Å². The lowest BCUT2D eigenvalue weighted by molar-refractivity contribution is 1.17. The molecule has 0 atom stereocenters. The highest BCUT2D eigenvalue weighted by Crippen LogP contribution is 2.26. The third-order valence-corrected chi connectivity index (χ3v) is 2.49. The highest BCUT2D eigenvalue weighted by Gasteiger charge is 2.08. The SMILES string of the molecule is Cc1nc2c(cc(N)c3cccnc32)[nH]1. The van der Waals surface area contributed by atoms with Gasteiger partial charge in [0.15, 0.2) is 0 Å². The number of aromatic nitrogens is 3. The molecule has 1 aromatic carbocycles. The standard InChI is InChI=1S/C11H10N4/c1-6-14-9-5-8(12)7-3-2-4-13-10(7)11(9)15-6/h2-5H,12H2,1H3,(H,14,15). The van der Waals surface area contributed by atoms with Gasteiger partial charge in [-0.15, -0.1) is 0 Å². The molecular weight excluding hydrogens is 188 g/mol. The Bertz CT molecular complexity index is 654. The van der Waals surface area contributed by atoms with Gasteiger partial charge >= 0.3 is 0 Å². The van der Waals surface area contributed by atoms with E-state index in [1.54, 1.807) is 6.20 Å². The van der Waals surface area contributed by atoms with Crippen molar-refractivity contribution < 1.29 is 0 Å². The van der Waals surface area contributed by atoms with E-state index in [9.17, 15) is 0 Å². The lowest BCUT2D eigenvalue weighted by Gasteiger charge is -2.00. The molecule has 0 aliphatic heterocycles. The zero-order valence-electron chi connectivity index (χ0n) is 8.28. The fourth-order valence-electron chi connectivity index (χ4n) is 1.86. The molecule has 0 spiro atoms. The summed E-state index contributed by atoms with van der Waals surface area (Å²) in [7, 11) is 0. The van der Waals surface area contributed by atoms with Crippen LogP contribution < -0.4 is 5.73 Å². The van der Waals surface area contributed by atoms with Gasteiger partial charge in [-0.05, 0) is 25.1 Å². The minimum atomic E-state index is 0.731. The van der Waals surface area contributed by atoms with Crippen molar-refractivity contribution in [1.29, 1.82) is 0 Å². The van der Waals surface area contributed by atoms with Gasteiger partial charge in [-0.2, -0.15) is 0 Å². The summed E-state index contributed by atoms with van der Waals surface area (Å²) in [6.07, 6.45) is 1.76. The van der Waals surface area contributed by atoms with Crippen molar-refractivity contribution in [3.05, 3.63) is 30.2 Å². The van der Waals surface area contributed by atoms with Gasteiger partial charge < -0.3 is 10.7 Å². The highest BCUT2D eigenvalue weighted by atomic mass is 14.9. The van der Waals surface area contributed by atoms with Crippen LogP contribution in [0.5, 0.6) is 0 Å². The smallest absolute Gasteiger partial charge is 0.115 e. The summed E-state index contributed by atoms with van der Waals surface area (Å²) in [6.45, 7) is 1.92. The maximum atomic E-state index is 5.94. The molecule has 0 aliphatic carbocycles. The van der Waals surface area contributed by atoms with Crippen LogP contribution in [0.4, 0.5) is 5.69 Å². The molecule has 3 rings (SSSR count). The van der Waals surface area contributed by atoms with Gasteiger partial charge in [-0.3, -0.25) is 4.98 Å². The van der Waals surface area contributed by atoms with Gasteiger partial charge in [0.2, 0.25) is 0 Å². The van der Waals surface area contributed by atoms with Crippen molar-refractivity contribution in [2.75, 3.05) is 5.73 Å². The van der Waals surface area contributed by atoms with Crippen LogP contribution in [0.2, 0.25) is 0 Å². The third kappa shape index (κ3) is 1.08. The van der Waals surface area contributed by atoms with Crippen LogP contribution >= 0.6 is 0 Å². The maximum Gasteiger partial charge on any atom is 0.115 e. The number of nitrogens with zero attached hydrogens (tertiary/aromatic N) is 2. The largest absolute Gasteiger partial charge is 0.398 e. The van der Waals surface area contributed by atoms with Crippen LogP contribution in [0.15, 0.2) is 24.4 Å². The number of rotatable bonds is 0. The van der Waals surface area contributed by atoms with Gasteiger partial charge in [0.05, 0.1) is 5.52 Å². The molecule has 2 heterocycles. The Morgan fingerprint density at radius 1 is 1.33 bits per heavy atom. The second-order valence-corrected chi connectivity index (χ2v) is 3.58. The number of hydrogen-bond acceptors (Lipinski definition) is 3. The average Bonchev–Trinajstić information content (AvgIpc) is 2.59. The molecule has 74 valence electrons. The molecule has 2 aromatic heterocycles. The van der Waals surface area contributed by atoms with E-state index in [0.29, 0.717) is 0 Å². The zero-order chi connectivity index (χ0) is 10.4. The Morgan fingerprint density at radius 2 is 2.20 bits per heavy atom. The van der Waals surface area contributed by atoms with Crippen LogP contribution in [0.25, 0.3) is 21.9 Å². The van der Waals surface area contributed by atoms with Crippen LogP contribution in [0.1, 0.15) is 5.82 Å². The summed E-state index contributed by atoms with van der Waals surface area (Å²) in [5.74, 6) is 0.877. The van der Waals surface area contributed by atoms with Crippen LogP contribution in [0, 0.1) is 6.92 Å². The predicted molar refractivity (Wildman–Crippen MR) is 60.5 cm³/mol. The van der Waals surface area contributed by atoms with E-state index in [1.165, 1.54) is 0 Å². The number of nitrogens with two attached hydrogens (primary N) is 1. The molecule has 4 heteroatoms. The maximum absolute atomic E-state index is 5.94. The number of H-pyrrole nitrogens is 1. The normalized spacial score (nSPS) is 11.3. The molecule has 0 aliphatic rings. The number of anilines is 1. The molecule has 3 N–H and O–H groups in total. The van der Waals surface area contributed by atoms with E-state index in [4.69, 9.17) is 5.73 Å². The van der Waals surface area contributed by atoms with Crippen molar-refractivity contribution in [3.63, 3.8) is 0 Å². The molecule has 0 amide bonds. The van der Waals surface area contributed by atoms with Crippen LogP contribution in [0.3, 0.4) is 0 Å². The monoisotopic (exact) mass is 198 g/mol. The molecule has 0 bridgehead atoms. The van der Waals surface area contributed by atoms with Crippen LogP contribution in [-0.4, -0.2) is 15.0 Å². The molecule has 0 radical (unpaired) electrons. The first-order valence-corrected chi connectivity index (χ1v) is 4.75. The average molecular weight is 198 g/mol. The lowest BCUT2D eigenvalue weighted by atomic mass is 10.1. The van der Waals surface area contributed by atoms with Gasteiger partial charge in [-0.25, -0.2) is 4.98 Å². The first-order valence-electron chi connectivity index (χ1n) is 4.75. The van der Waals surface area contributed by atoms with E-state index in [2.05, 4.69) is 15.0 Å². The Labute approximate surface area is 86.1 Å². The summed E-state index contributed by atoms with van der Waals surface area (Å²) in [6, 6.07) is 5.74. The second-order valence-electron chi connectivity index (χ2n) is 3.58. The molecule has 4 nitrogen and oxygen atoms in total. The van der Waals surface area contributed by atoms with Gasteiger partial charge in [0.25, 0.3) is 0 Å². The van der Waals surface area contributed by atoms with E-state index in [1.807, 2.05) is 25.1 Å². The number of imidazole rings is 1. The fraction of sp³-hybridized carbons (Fsp3) is 0.0909. The molecular formula is C11H10N4. The molecule has 3 aromatic rings. The van der Waals surface area contributed by atoms with Gasteiger partial charge in [0.1, 0.15) is 16.9 Å². The van der Waals surface area contributed by atoms with Crippen molar-refractivity contribution in [3.8, 4) is 0 Å². The fourth-order valence-corrected chi connectivity index (χ4v) is 1.86. The van der Waals surface area contributed by atoms with Crippen molar-refractivity contribution in [1.82, 2.24) is 15.0 Å². The Balaban J connectivity index is 2.62. The number of pyridine rings is 1. The minimum absolute atomic E-state index is 0.731. The van der Waals surface area contributed by atoms with Crippen molar-refractivity contribution in [2.24, 2.45) is 0 Å². The molecule has 0 fully saturated rings. The number of nitrogens with one attached hydrogen (secondary N) is 1.